The molecule has 3 nitrogen and oxygen atoms in total. The van der Waals surface area contributed by atoms with Gasteiger partial charge in [-0.05, 0) is 74.1 Å². The number of rotatable bonds is 4. The van der Waals surface area contributed by atoms with Gasteiger partial charge in [-0.1, -0.05) is 127 Å². The molecule has 0 radical (unpaired) electrons. The van der Waals surface area contributed by atoms with E-state index in [1.807, 2.05) is 36.4 Å². The Bertz CT molecular complexity index is 2550. The Kier molecular flexibility index (Phi) is 5.82. The van der Waals surface area contributed by atoms with Crippen molar-refractivity contribution >= 4 is 43.6 Å². The van der Waals surface area contributed by atoms with Gasteiger partial charge in [-0.15, -0.1) is 0 Å². The van der Waals surface area contributed by atoms with Crippen molar-refractivity contribution in [3.8, 4) is 44.9 Å². The maximum absolute atomic E-state index is 6.31. The Morgan fingerprint density at radius 1 is 0.400 bits per heavy atom. The van der Waals surface area contributed by atoms with E-state index in [9.17, 15) is 0 Å². The van der Waals surface area contributed by atoms with Crippen LogP contribution in [0.15, 0.2) is 162 Å². The van der Waals surface area contributed by atoms with E-state index >= 15 is 0 Å². The summed E-state index contributed by atoms with van der Waals surface area (Å²) in [6.45, 7) is 0. The molecule has 2 aromatic heterocycles. The molecule has 0 unspecified atom stereocenters. The van der Waals surface area contributed by atoms with Gasteiger partial charge >= 0.3 is 0 Å². The van der Waals surface area contributed by atoms with Crippen LogP contribution in [0.25, 0.3) is 88.5 Å². The van der Waals surface area contributed by atoms with Crippen LogP contribution in [-0.4, -0.2) is 9.97 Å². The number of aromatic nitrogens is 2. The number of furan rings is 1. The van der Waals surface area contributed by atoms with Crippen molar-refractivity contribution in [2.45, 2.75) is 0 Å². The third-order valence-corrected chi connectivity index (χ3v) is 8.66. The quantitative estimate of drug-likeness (QED) is 0.196. The molecule has 0 saturated carbocycles. The van der Waals surface area contributed by atoms with Crippen molar-refractivity contribution in [2.75, 3.05) is 0 Å². The number of hydrogen-bond donors (Lipinski definition) is 0. The molecule has 0 atom stereocenters. The average molecular weight is 575 g/mol. The van der Waals surface area contributed by atoms with E-state index in [1.54, 1.807) is 0 Å². The van der Waals surface area contributed by atoms with Crippen molar-refractivity contribution in [3.63, 3.8) is 0 Å². The Labute approximate surface area is 260 Å². The lowest BCUT2D eigenvalue weighted by molar-refractivity contribution is 0.667. The zero-order valence-electron chi connectivity index (χ0n) is 24.3. The monoisotopic (exact) mass is 574 g/mol. The first-order valence-corrected chi connectivity index (χ1v) is 15.2. The van der Waals surface area contributed by atoms with Crippen LogP contribution in [0.4, 0.5) is 0 Å². The molecule has 0 aliphatic carbocycles. The second-order valence-corrected chi connectivity index (χ2v) is 11.4. The van der Waals surface area contributed by atoms with E-state index in [0.717, 1.165) is 44.4 Å². The summed E-state index contributed by atoms with van der Waals surface area (Å²) in [7, 11) is 0. The fraction of sp³-hybridized carbons (Fsp3) is 0. The molecule has 9 rings (SSSR count). The molecule has 7 aromatic carbocycles. The maximum Gasteiger partial charge on any atom is 0.180 e. The van der Waals surface area contributed by atoms with Crippen molar-refractivity contribution in [2.24, 2.45) is 0 Å². The van der Waals surface area contributed by atoms with E-state index in [4.69, 9.17) is 14.4 Å². The third kappa shape index (κ3) is 4.29. The second-order valence-electron chi connectivity index (χ2n) is 11.4. The minimum absolute atomic E-state index is 0.673. The molecule has 2 heterocycles. The first-order valence-electron chi connectivity index (χ1n) is 15.2. The van der Waals surface area contributed by atoms with Crippen LogP contribution in [-0.2, 0) is 0 Å². The Morgan fingerprint density at radius 2 is 1.00 bits per heavy atom. The highest BCUT2D eigenvalue weighted by molar-refractivity contribution is 6.14. The van der Waals surface area contributed by atoms with Crippen molar-refractivity contribution in [1.29, 1.82) is 0 Å². The smallest absolute Gasteiger partial charge is 0.180 e. The summed E-state index contributed by atoms with van der Waals surface area (Å²) >= 11 is 0. The lowest BCUT2D eigenvalue weighted by Gasteiger charge is -2.13. The molecule has 0 aliphatic heterocycles. The normalized spacial score (nSPS) is 11.6. The first kappa shape index (κ1) is 25.4. The predicted octanol–water partition coefficient (Wildman–Crippen LogP) is 11.4. The van der Waals surface area contributed by atoms with Gasteiger partial charge in [0.1, 0.15) is 16.8 Å². The number of benzene rings is 7. The lowest BCUT2D eigenvalue weighted by atomic mass is 9.91. The van der Waals surface area contributed by atoms with Crippen LogP contribution in [0.3, 0.4) is 0 Å². The van der Waals surface area contributed by atoms with Crippen LogP contribution >= 0.6 is 0 Å². The highest BCUT2D eigenvalue weighted by Gasteiger charge is 2.18. The van der Waals surface area contributed by atoms with Crippen LogP contribution in [0.5, 0.6) is 0 Å². The molecule has 0 saturated heterocycles. The largest absolute Gasteiger partial charge is 0.452 e. The minimum atomic E-state index is 0.673. The molecule has 9 aromatic rings. The summed E-state index contributed by atoms with van der Waals surface area (Å²) in [5.41, 5.74) is 9.76. The fourth-order valence-electron chi connectivity index (χ4n) is 6.51. The Morgan fingerprint density at radius 3 is 1.82 bits per heavy atom. The molecule has 210 valence electrons. The maximum atomic E-state index is 6.31. The Hall–Kier alpha value is -6.06. The van der Waals surface area contributed by atoms with Gasteiger partial charge in [-0.25, -0.2) is 9.97 Å². The zero-order valence-corrected chi connectivity index (χ0v) is 24.3. The summed E-state index contributed by atoms with van der Waals surface area (Å²) in [6, 6.07) is 55.2. The van der Waals surface area contributed by atoms with Gasteiger partial charge in [0.25, 0.3) is 0 Å². The molecule has 3 heteroatoms. The van der Waals surface area contributed by atoms with Gasteiger partial charge in [0.05, 0.1) is 0 Å². The van der Waals surface area contributed by atoms with Crippen molar-refractivity contribution in [1.82, 2.24) is 9.97 Å². The van der Waals surface area contributed by atoms with Gasteiger partial charge in [0.2, 0.25) is 0 Å². The summed E-state index contributed by atoms with van der Waals surface area (Å²) in [4.78, 5) is 10.2. The van der Waals surface area contributed by atoms with Gasteiger partial charge in [0.15, 0.2) is 11.4 Å². The summed E-state index contributed by atoms with van der Waals surface area (Å²) in [6.07, 6.45) is 0. The number of nitrogens with zero attached hydrogens (tertiary/aromatic N) is 2. The standard InChI is InChI=1S/C42H26N2O/c1-2-12-27(13-3-1)39-41-40(36-22-8-9-23-38(36)45-41)44-42(43-39)32-18-11-16-29(25-32)28-15-10-17-30(24-28)37-26-31-14-4-5-19-33(31)34-20-6-7-21-35(34)37/h1-26H. The van der Waals surface area contributed by atoms with Gasteiger partial charge < -0.3 is 4.42 Å². The molecule has 0 aliphatic rings. The number of hydrogen-bond acceptors (Lipinski definition) is 3. The SMILES string of the molecule is c1ccc(-c2nc(-c3cccc(-c4cccc(-c5cc6ccccc6c6ccccc56)c4)c3)nc3c2oc2ccccc23)cc1. The van der Waals surface area contributed by atoms with Crippen molar-refractivity contribution < 1.29 is 4.42 Å². The summed E-state index contributed by atoms with van der Waals surface area (Å²) in [5.74, 6) is 0.673. The van der Waals surface area contributed by atoms with Gasteiger partial charge in [-0.2, -0.15) is 0 Å². The third-order valence-electron chi connectivity index (χ3n) is 8.66. The zero-order chi connectivity index (χ0) is 29.7. The van der Waals surface area contributed by atoms with Crippen molar-refractivity contribution in [3.05, 3.63) is 158 Å². The van der Waals surface area contributed by atoms with E-state index in [-0.39, 0.29) is 0 Å². The number of para-hydroxylation sites is 1. The minimum Gasteiger partial charge on any atom is -0.452 e. The molecular formula is C42H26N2O. The highest BCUT2D eigenvalue weighted by atomic mass is 16.3. The molecule has 0 amide bonds. The first-order chi connectivity index (χ1) is 22.3. The van der Waals surface area contributed by atoms with Crippen LogP contribution < -0.4 is 0 Å². The lowest BCUT2D eigenvalue weighted by Crippen LogP contribution is -1.94. The number of fused-ring (bicyclic) bond motifs is 6. The molecule has 0 fully saturated rings. The topological polar surface area (TPSA) is 38.9 Å². The van der Waals surface area contributed by atoms with Gasteiger partial charge in [0, 0.05) is 16.5 Å². The predicted molar refractivity (Wildman–Crippen MR) is 186 cm³/mol. The highest BCUT2D eigenvalue weighted by Crippen LogP contribution is 2.38. The molecule has 0 bridgehead atoms. The summed E-state index contributed by atoms with van der Waals surface area (Å²) in [5, 5.41) is 6.03. The van der Waals surface area contributed by atoms with Crippen LogP contribution in [0.2, 0.25) is 0 Å². The molecule has 45 heavy (non-hydrogen) atoms. The average Bonchev–Trinajstić information content (AvgIpc) is 3.50. The molecule has 0 N–H and O–H groups in total. The second kappa shape index (κ2) is 10.3. The van der Waals surface area contributed by atoms with E-state index in [0.29, 0.717) is 11.4 Å². The van der Waals surface area contributed by atoms with E-state index in [2.05, 4.69) is 121 Å². The van der Waals surface area contributed by atoms with Gasteiger partial charge in [-0.3, -0.25) is 0 Å². The van der Waals surface area contributed by atoms with E-state index in [1.165, 1.54) is 32.7 Å². The fourth-order valence-corrected chi connectivity index (χ4v) is 6.51. The Balaban J connectivity index is 1.19. The molecular weight excluding hydrogens is 548 g/mol. The van der Waals surface area contributed by atoms with E-state index < -0.39 is 0 Å². The summed E-state index contributed by atoms with van der Waals surface area (Å²) < 4.78 is 6.31. The van der Waals surface area contributed by atoms with Crippen LogP contribution in [0.1, 0.15) is 0 Å². The van der Waals surface area contributed by atoms with Crippen LogP contribution in [0, 0.1) is 0 Å². The molecule has 0 spiro atoms.